The van der Waals surface area contributed by atoms with Crippen LogP contribution in [-0.2, 0) is 0 Å². The molecule has 0 saturated carbocycles. The first-order chi connectivity index (χ1) is 11.9. The maximum Gasteiger partial charge on any atom is 0.256 e. The Morgan fingerprint density at radius 1 is 1.12 bits per heavy atom. The largest absolute Gasteiger partial charge is 0.339 e. The Labute approximate surface area is 166 Å². The fraction of sp³-hybridized carbons (Fsp3) is 0.263. The van der Waals surface area contributed by atoms with Crippen molar-refractivity contribution in [1.82, 2.24) is 4.90 Å². The van der Waals surface area contributed by atoms with Crippen molar-refractivity contribution < 1.29 is 9.59 Å². The van der Waals surface area contributed by atoms with E-state index in [4.69, 9.17) is 11.6 Å². The number of rotatable bonds is 5. The summed E-state index contributed by atoms with van der Waals surface area (Å²) in [6.07, 6.45) is 0. The molecule has 0 aliphatic carbocycles. The molecule has 0 aliphatic heterocycles. The van der Waals surface area contributed by atoms with E-state index in [1.807, 2.05) is 32.9 Å². The third-order valence-corrected chi connectivity index (χ3v) is 5.69. The van der Waals surface area contributed by atoms with E-state index in [2.05, 4.69) is 27.9 Å². The van der Waals surface area contributed by atoms with Gasteiger partial charge in [0.1, 0.15) is 0 Å². The lowest BCUT2D eigenvalue weighted by Crippen LogP contribution is -2.30. The number of halogens is 2. The Kier molecular flexibility index (Phi) is 6.84. The Balaban J connectivity index is 2.22. The van der Waals surface area contributed by atoms with E-state index in [-0.39, 0.29) is 11.8 Å². The monoisotopic (exact) mass is 470 g/mol. The molecule has 2 amide bonds. The fourth-order valence-corrected chi connectivity index (χ4v) is 3.33. The number of hydrogen-bond donors (Lipinski definition) is 1. The zero-order valence-corrected chi connectivity index (χ0v) is 17.3. The zero-order chi connectivity index (χ0) is 18.6. The van der Waals surface area contributed by atoms with Crippen LogP contribution >= 0.6 is 34.2 Å². The molecule has 0 radical (unpaired) electrons. The number of aryl methyl sites for hydroxylation is 1. The Morgan fingerprint density at radius 2 is 1.80 bits per heavy atom. The van der Waals surface area contributed by atoms with Crippen LogP contribution in [0.15, 0.2) is 36.4 Å². The number of amides is 2. The van der Waals surface area contributed by atoms with Crippen LogP contribution in [0.1, 0.15) is 40.1 Å². The van der Waals surface area contributed by atoms with Gasteiger partial charge in [0.15, 0.2) is 0 Å². The topological polar surface area (TPSA) is 49.4 Å². The van der Waals surface area contributed by atoms with E-state index in [1.54, 1.807) is 29.2 Å². The third-order valence-electron chi connectivity index (χ3n) is 3.94. The standard InChI is InChI=1S/C19H20ClIN2O2/c1-4-23(5-2)19(25)14-10-9-13(11-16(14)20)22-18(24)15-8-6-7-12(3)17(15)21/h6-11H,4-5H2,1-3H3,(H,22,24). The molecule has 4 nitrogen and oxygen atoms in total. The van der Waals surface area contributed by atoms with Gasteiger partial charge in [0.2, 0.25) is 0 Å². The molecule has 2 rings (SSSR count). The van der Waals surface area contributed by atoms with Crippen LogP contribution in [-0.4, -0.2) is 29.8 Å². The minimum atomic E-state index is -0.202. The van der Waals surface area contributed by atoms with Gasteiger partial charge in [-0.3, -0.25) is 9.59 Å². The first-order valence-electron chi connectivity index (χ1n) is 8.04. The van der Waals surface area contributed by atoms with Crippen molar-refractivity contribution in [1.29, 1.82) is 0 Å². The third kappa shape index (κ3) is 4.52. The van der Waals surface area contributed by atoms with Crippen molar-refractivity contribution in [3.8, 4) is 0 Å². The number of benzene rings is 2. The lowest BCUT2D eigenvalue weighted by atomic mass is 10.1. The first-order valence-corrected chi connectivity index (χ1v) is 9.50. The molecule has 0 unspecified atom stereocenters. The zero-order valence-electron chi connectivity index (χ0n) is 14.4. The number of nitrogens with one attached hydrogen (secondary N) is 1. The Hall–Kier alpha value is -1.60. The lowest BCUT2D eigenvalue weighted by molar-refractivity contribution is 0.0773. The molecule has 0 atom stereocenters. The lowest BCUT2D eigenvalue weighted by Gasteiger charge is -2.19. The van der Waals surface area contributed by atoms with E-state index in [0.717, 1.165) is 9.13 Å². The van der Waals surface area contributed by atoms with Crippen LogP contribution in [0.3, 0.4) is 0 Å². The van der Waals surface area contributed by atoms with Gasteiger partial charge in [-0.2, -0.15) is 0 Å². The van der Waals surface area contributed by atoms with Gasteiger partial charge in [-0.1, -0.05) is 23.7 Å². The quantitative estimate of drug-likeness (QED) is 0.626. The molecule has 2 aromatic rings. The van der Waals surface area contributed by atoms with Crippen LogP contribution < -0.4 is 5.32 Å². The second kappa shape index (κ2) is 8.67. The van der Waals surface area contributed by atoms with Crippen molar-refractivity contribution in [3.63, 3.8) is 0 Å². The van der Waals surface area contributed by atoms with Crippen LogP contribution in [0.2, 0.25) is 5.02 Å². The number of nitrogens with zero attached hydrogens (tertiary/aromatic N) is 1. The number of hydrogen-bond acceptors (Lipinski definition) is 2. The molecular weight excluding hydrogens is 451 g/mol. The maximum atomic E-state index is 12.5. The molecule has 1 N–H and O–H groups in total. The Morgan fingerprint density at radius 3 is 2.40 bits per heavy atom. The van der Waals surface area contributed by atoms with Gasteiger partial charge in [0.05, 0.1) is 16.1 Å². The van der Waals surface area contributed by atoms with Crippen LogP contribution in [0.4, 0.5) is 5.69 Å². The molecule has 0 spiro atoms. The SMILES string of the molecule is CCN(CC)C(=O)c1ccc(NC(=O)c2cccc(C)c2I)cc1Cl. The maximum absolute atomic E-state index is 12.5. The minimum absolute atomic E-state index is 0.110. The normalized spacial score (nSPS) is 10.4. The van der Waals surface area contributed by atoms with Crippen LogP contribution in [0.25, 0.3) is 0 Å². The Bertz CT molecular complexity index is 804. The summed E-state index contributed by atoms with van der Waals surface area (Å²) in [4.78, 5) is 26.6. The highest BCUT2D eigenvalue weighted by Gasteiger charge is 2.17. The van der Waals surface area contributed by atoms with Gasteiger partial charge in [-0.25, -0.2) is 0 Å². The predicted molar refractivity (Wildman–Crippen MR) is 111 cm³/mol. The summed E-state index contributed by atoms with van der Waals surface area (Å²) in [6, 6.07) is 10.6. The number of anilines is 1. The molecule has 0 heterocycles. The van der Waals surface area contributed by atoms with Gasteiger partial charge in [-0.15, -0.1) is 0 Å². The van der Waals surface area contributed by atoms with Crippen LogP contribution in [0, 0.1) is 10.5 Å². The van der Waals surface area contributed by atoms with Crippen LogP contribution in [0.5, 0.6) is 0 Å². The van der Waals surface area contributed by atoms with E-state index < -0.39 is 0 Å². The molecule has 0 aromatic heterocycles. The summed E-state index contributed by atoms with van der Waals surface area (Å²) in [7, 11) is 0. The molecule has 0 saturated heterocycles. The van der Waals surface area contributed by atoms with E-state index >= 15 is 0 Å². The molecule has 2 aromatic carbocycles. The van der Waals surface area contributed by atoms with Gasteiger partial charge in [0.25, 0.3) is 11.8 Å². The molecular formula is C19H20ClIN2O2. The molecule has 0 fully saturated rings. The average molecular weight is 471 g/mol. The highest BCUT2D eigenvalue weighted by Crippen LogP contribution is 2.24. The summed E-state index contributed by atoms with van der Waals surface area (Å²) >= 11 is 8.43. The van der Waals surface area contributed by atoms with Gasteiger partial charge in [0, 0.05) is 22.3 Å². The van der Waals surface area contributed by atoms with E-state index in [9.17, 15) is 9.59 Å². The average Bonchev–Trinajstić information content (AvgIpc) is 2.58. The van der Waals surface area contributed by atoms with Crippen molar-refractivity contribution in [3.05, 3.63) is 61.7 Å². The fourth-order valence-electron chi connectivity index (χ4n) is 2.47. The second-order valence-corrected chi connectivity index (χ2v) is 7.05. The van der Waals surface area contributed by atoms with E-state index in [1.165, 1.54) is 0 Å². The summed E-state index contributed by atoms with van der Waals surface area (Å²) in [6.45, 7) is 7.05. The van der Waals surface area contributed by atoms with Gasteiger partial charge in [-0.05, 0) is 73.2 Å². The van der Waals surface area contributed by atoms with Gasteiger partial charge >= 0.3 is 0 Å². The van der Waals surface area contributed by atoms with Gasteiger partial charge < -0.3 is 10.2 Å². The number of carbonyl (C=O) groups excluding carboxylic acids is 2. The van der Waals surface area contributed by atoms with Crippen molar-refractivity contribution in [2.75, 3.05) is 18.4 Å². The summed E-state index contributed by atoms with van der Waals surface area (Å²) in [5.74, 6) is -0.312. The highest BCUT2D eigenvalue weighted by atomic mass is 127. The molecule has 25 heavy (non-hydrogen) atoms. The molecule has 132 valence electrons. The van der Waals surface area contributed by atoms with Crippen molar-refractivity contribution in [2.24, 2.45) is 0 Å². The second-order valence-electron chi connectivity index (χ2n) is 5.56. The first kappa shape index (κ1) is 19.7. The minimum Gasteiger partial charge on any atom is -0.339 e. The summed E-state index contributed by atoms with van der Waals surface area (Å²) in [5, 5.41) is 3.16. The summed E-state index contributed by atoms with van der Waals surface area (Å²) < 4.78 is 0.914. The van der Waals surface area contributed by atoms with Crippen molar-refractivity contribution in [2.45, 2.75) is 20.8 Å². The predicted octanol–water partition coefficient (Wildman–Crippen LogP) is 4.99. The molecule has 6 heteroatoms. The van der Waals surface area contributed by atoms with Crippen molar-refractivity contribution >= 4 is 51.7 Å². The van der Waals surface area contributed by atoms with E-state index in [0.29, 0.717) is 34.9 Å². The summed E-state index contributed by atoms with van der Waals surface area (Å²) in [5.41, 5.74) is 2.66. The smallest absolute Gasteiger partial charge is 0.256 e. The highest BCUT2D eigenvalue weighted by molar-refractivity contribution is 14.1. The molecule has 0 aliphatic rings. The molecule has 0 bridgehead atoms. The number of carbonyl (C=O) groups is 2.